The van der Waals surface area contributed by atoms with E-state index in [1.807, 2.05) is 35.2 Å². The summed E-state index contributed by atoms with van der Waals surface area (Å²) in [6.45, 7) is 1.47. The highest BCUT2D eigenvalue weighted by molar-refractivity contribution is 5.99. The van der Waals surface area contributed by atoms with Crippen LogP contribution >= 0.6 is 0 Å². The molecule has 2 unspecified atom stereocenters. The first kappa shape index (κ1) is 21.0. The molecule has 2 aliphatic heterocycles. The van der Waals surface area contributed by atoms with E-state index in [0.717, 1.165) is 22.4 Å². The van der Waals surface area contributed by atoms with Gasteiger partial charge in [0.15, 0.2) is 0 Å². The van der Waals surface area contributed by atoms with Gasteiger partial charge in [0.1, 0.15) is 6.17 Å². The van der Waals surface area contributed by atoms with E-state index in [1.165, 1.54) is 0 Å². The summed E-state index contributed by atoms with van der Waals surface area (Å²) in [5.41, 5.74) is 3.80. The maximum Gasteiger partial charge on any atom is 0.228 e. The number of rotatable bonds is 6. The molecule has 4 rings (SSSR count). The highest BCUT2D eigenvalue weighted by atomic mass is 19.1. The van der Waals surface area contributed by atoms with Gasteiger partial charge in [0.2, 0.25) is 11.8 Å². The predicted octanol–water partition coefficient (Wildman–Crippen LogP) is 2.71. The lowest BCUT2D eigenvalue weighted by molar-refractivity contribution is -0.122. The zero-order chi connectivity index (χ0) is 22.0. The Kier molecular flexibility index (Phi) is 6.01. The lowest BCUT2D eigenvalue weighted by Gasteiger charge is -2.31. The molecule has 7 heteroatoms. The zero-order valence-corrected chi connectivity index (χ0v) is 17.4. The summed E-state index contributed by atoms with van der Waals surface area (Å²) in [7, 11) is 1.60. The number of nitrogens with one attached hydrogen (secondary N) is 2. The Morgan fingerprint density at radius 1 is 1.32 bits per heavy atom. The molecule has 2 aromatic rings. The summed E-state index contributed by atoms with van der Waals surface area (Å²) >= 11 is 0. The Morgan fingerprint density at radius 2 is 2.16 bits per heavy atom. The highest BCUT2D eigenvalue weighted by Gasteiger charge is 2.35. The monoisotopic (exact) mass is 420 g/mol. The number of carbonyl (C=O) groups is 2. The van der Waals surface area contributed by atoms with E-state index in [0.29, 0.717) is 38.0 Å². The lowest BCUT2D eigenvalue weighted by atomic mass is 9.79. The van der Waals surface area contributed by atoms with Gasteiger partial charge in [0.25, 0.3) is 0 Å². The minimum atomic E-state index is -0.861. The van der Waals surface area contributed by atoms with Crippen LogP contribution in [-0.4, -0.2) is 49.6 Å². The van der Waals surface area contributed by atoms with Gasteiger partial charge in [-0.3, -0.25) is 14.5 Å². The average molecular weight is 420 g/mol. The number of hydrogen-bond acceptors (Lipinski definition) is 4. The van der Waals surface area contributed by atoms with Crippen LogP contribution in [-0.2, 0) is 16.0 Å². The van der Waals surface area contributed by atoms with Crippen molar-refractivity contribution in [3.8, 4) is 6.07 Å². The van der Waals surface area contributed by atoms with Gasteiger partial charge in [-0.05, 0) is 41.3 Å². The van der Waals surface area contributed by atoms with Crippen LogP contribution in [0.25, 0.3) is 0 Å². The topological polar surface area (TPSA) is 85.2 Å². The van der Waals surface area contributed by atoms with Gasteiger partial charge in [-0.15, -0.1) is 0 Å². The van der Waals surface area contributed by atoms with Crippen molar-refractivity contribution in [1.82, 2.24) is 10.2 Å². The second-order valence-electron chi connectivity index (χ2n) is 8.22. The molecule has 2 heterocycles. The summed E-state index contributed by atoms with van der Waals surface area (Å²) in [5, 5.41) is 15.0. The van der Waals surface area contributed by atoms with E-state index in [-0.39, 0.29) is 17.7 Å². The summed E-state index contributed by atoms with van der Waals surface area (Å²) < 4.78 is 13.9. The third-order valence-corrected chi connectivity index (χ3v) is 6.16. The molecule has 1 fully saturated rings. The second-order valence-corrected chi connectivity index (χ2v) is 8.22. The standard InChI is InChI=1S/C24H25FN4O2/c1-27-24(31)23(18-6-5-17-11-22(30)28-21(17)10-18)20(14-29-8-7-19(25)13-29)16-4-2-3-15(9-16)12-26/h2-6,9-10,19-20,23H,7-8,11,13-14H2,1H3,(H,27,31)(H,28,30)/t19?,20-,23?/m1/s1. The normalized spacial score (nSPS) is 19.9. The van der Waals surface area contributed by atoms with Crippen molar-refractivity contribution >= 4 is 17.5 Å². The maximum atomic E-state index is 13.9. The highest BCUT2D eigenvalue weighted by Crippen LogP contribution is 2.38. The zero-order valence-electron chi connectivity index (χ0n) is 17.4. The number of likely N-dealkylation sites (N-methyl/N-ethyl adjacent to an activating group) is 1. The van der Waals surface area contributed by atoms with Gasteiger partial charge in [-0.1, -0.05) is 24.3 Å². The van der Waals surface area contributed by atoms with Crippen LogP contribution in [0.2, 0.25) is 0 Å². The Morgan fingerprint density at radius 3 is 2.87 bits per heavy atom. The Hall–Kier alpha value is -3.24. The molecule has 0 bridgehead atoms. The molecule has 31 heavy (non-hydrogen) atoms. The molecule has 0 aromatic heterocycles. The summed E-state index contributed by atoms with van der Waals surface area (Å²) in [5.74, 6) is -1.06. The number of carbonyl (C=O) groups excluding carboxylic acids is 2. The van der Waals surface area contributed by atoms with E-state index in [2.05, 4.69) is 16.7 Å². The maximum absolute atomic E-state index is 13.9. The largest absolute Gasteiger partial charge is 0.359 e. The smallest absolute Gasteiger partial charge is 0.228 e. The van der Waals surface area contributed by atoms with Crippen molar-refractivity contribution in [3.05, 3.63) is 64.7 Å². The number of anilines is 1. The molecule has 0 aliphatic carbocycles. The van der Waals surface area contributed by atoms with E-state index in [9.17, 15) is 19.2 Å². The molecule has 2 aromatic carbocycles. The van der Waals surface area contributed by atoms with Crippen LogP contribution < -0.4 is 10.6 Å². The minimum Gasteiger partial charge on any atom is -0.359 e. The number of amides is 2. The number of nitriles is 1. The van der Waals surface area contributed by atoms with Crippen molar-refractivity contribution in [2.24, 2.45) is 0 Å². The number of fused-ring (bicyclic) bond motifs is 1. The van der Waals surface area contributed by atoms with Crippen molar-refractivity contribution in [3.63, 3.8) is 0 Å². The summed E-state index contributed by atoms with van der Waals surface area (Å²) in [4.78, 5) is 27.0. The Balaban J connectivity index is 1.76. The SMILES string of the molecule is CNC(=O)C(c1ccc2c(c1)NC(=O)C2)[C@H](CN1CCC(F)C1)c1cccc(C#N)c1. The summed E-state index contributed by atoms with van der Waals surface area (Å²) in [6.07, 6.45) is -0.0419. The number of halogens is 1. The second kappa shape index (κ2) is 8.86. The first-order chi connectivity index (χ1) is 15.0. The number of nitrogens with zero attached hydrogens (tertiary/aromatic N) is 2. The first-order valence-electron chi connectivity index (χ1n) is 10.5. The molecule has 3 atom stereocenters. The molecule has 0 saturated carbocycles. The van der Waals surface area contributed by atoms with Crippen molar-refractivity contribution in [2.45, 2.75) is 30.8 Å². The molecule has 0 radical (unpaired) electrons. The number of benzene rings is 2. The summed E-state index contributed by atoms with van der Waals surface area (Å²) in [6, 6.07) is 15.1. The van der Waals surface area contributed by atoms with Gasteiger partial charge >= 0.3 is 0 Å². The van der Waals surface area contributed by atoms with E-state index in [4.69, 9.17) is 0 Å². The van der Waals surface area contributed by atoms with E-state index >= 15 is 0 Å². The van der Waals surface area contributed by atoms with Crippen LogP contribution in [0.4, 0.5) is 10.1 Å². The average Bonchev–Trinajstić information content (AvgIpc) is 3.36. The Bertz CT molecular complexity index is 1050. The fraction of sp³-hybridized carbons (Fsp3) is 0.375. The van der Waals surface area contributed by atoms with Crippen LogP contribution in [0.1, 0.15) is 40.5 Å². The van der Waals surface area contributed by atoms with Crippen LogP contribution in [0.15, 0.2) is 42.5 Å². The molecule has 6 nitrogen and oxygen atoms in total. The molecule has 1 saturated heterocycles. The first-order valence-corrected chi connectivity index (χ1v) is 10.5. The molecule has 2 N–H and O–H groups in total. The minimum absolute atomic E-state index is 0.0621. The third kappa shape index (κ3) is 4.44. The fourth-order valence-electron chi connectivity index (χ4n) is 4.62. The lowest BCUT2D eigenvalue weighted by Crippen LogP contribution is -2.36. The number of hydrogen-bond donors (Lipinski definition) is 2. The number of likely N-dealkylation sites (tertiary alicyclic amines) is 1. The molecule has 160 valence electrons. The Labute approximate surface area is 181 Å². The van der Waals surface area contributed by atoms with Crippen LogP contribution in [0.5, 0.6) is 0 Å². The molecule has 2 amide bonds. The predicted molar refractivity (Wildman–Crippen MR) is 115 cm³/mol. The fourth-order valence-corrected chi connectivity index (χ4v) is 4.62. The van der Waals surface area contributed by atoms with Gasteiger partial charge in [-0.2, -0.15) is 5.26 Å². The number of alkyl halides is 1. The molecule has 2 aliphatic rings. The molecular formula is C24H25FN4O2. The van der Waals surface area contributed by atoms with Crippen LogP contribution in [0, 0.1) is 11.3 Å². The van der Waals surface area contributed by atoms with Gasteiger partial charge < -0.3 is 10.6 Å². The quantitative estimate of drug-likeness (QED) is 0.753. The van der Waals surface area contributed by atoms with Gasteiger partial charge in [0, 0.05) is 38.3 Å². The van der Waals surface area contributed by atoms with E-state index < -0.39 is 12.1 Å². The molecular weight excluding hydrogens is 395 g/mol. The van der Waals surface area contributed by atoms with Crippen molar-refractivity contribution < 1.29 is 14.0 Å². The van der Waals surface area contributed by atoms with Gasteiger partial charge in [-0.25, -0.2) is 4.39 Å². The van der Waals surface area contributed by atoms with Crippen LogP contribution in [0.3, 0.4) is 0 Å². The van der Waals surface area contributed by atoms with Crippen molar-refractivity contribution in [2.75, 3.05) is 32.0 Å². The van der Waals surface area contributed by atoms with E-state index in [1.54, 1.807) is 19.2 Å². The van der Waals surface area contributed by atoms with Gasteiger partial charge in [0.05, 0.1) is 24.0 Å². The van der Waals surface area contributed by atoms with Crippen molar-refractivity contribution in [1.29, 1.82) is 5.26 Å². The third-order valence-electron chi connectivity index (χ3n) is 6.16. The molecule has 0 spiro atoms.